The third-order valence-electron chi connectivity index (χ3n) is 3.42. The molecule has 0 saturated carbocycles. The molecule has 1 unspecified atom stereocenters. The van der Waals surface area contributed by atoms with Crippen LogP contribution in [0.25, 0.3) is 0 Å². The Morgan fingerprint density at radius 1 is 1.24 bits per heavy atom. The Labute approximate surface area is 131 Å². The van der Waals surface area contributed by atoms with E-state index in [9.17, 15) is 0 Å². The highest BCUT2D eigenvalue weighted by atomic mass is 32.2. The van der Waals surface area contributed by atoms with Gasteiger partial charge in [0.25, 0.3) is 0 Å². The highest BCUT2D eigenvalue weighted by Crippen LogP contribution is 2.23. The number of nitrogens with two attached hydrogens (primary N) is 1. The monoisotopic (exact) mass is 301 g/mol. The first-order chi connectivity index (χ1) is 10.2. The van der Waals surface area contributed by atoms with Crippen molar-refractivity contribution in [3.63, 3.8) is 0 Å². The van der Waals surface area contributed by atoms with Gasteiger partial charge in [0.05, 0.1) is 0 Å². The molecule has 0 fully saturated rings. The number of pyridine rings is 1. The van der Waals surface area contributed by atoms with Crippen LogP contribution in [-0.2, 0) is 6.42 Å². The van der Waals surface area contributed by atoms with Crippen LogP contribution in [0.2, 0.25) is 0 Å². The first-order valence-electron chi connectivity index (χ1n) is 7.32. The molecule has 0 spiro atoms. The molecule has 3 N–H and O–H groups in total. The van der Waals surface area contributed by atoms with E-state index in [0.717, 1.165) is 24.3 Å². The van der Waals surface area contributed by atoms with Crippen LogP contribution in [0.4, 0.5) is 5.82 Å². The van der Waals surface area contributed by atoms with Gasteiger partial charge in [-0.05, 0) is 43.1 Å². The van der Waals surface area contributed by atoms with Crippen LogP contribution >= 0.6 is 11.8 Å². The molecule has 3 nitrogen and oxygen atoms in total. The molecule has 0 radical (unpaired) electrons. The molecule has 112 valence electrons. The zero-order valence-electron chi connectivity index (χ0n) is 12.7. The van der Waals surface area contributed by atoms with Gasteiger partial charge in [-0.1, -0.05) is 31.2 Å². The average Bonchev–Trinajstić information content (AvgIpc) is 2.48. The van der Waals surface area contributed by atoms with Crippen molar-refractivity contribution in [2.24, 2.45) is 0 Å². The summed E-state index contributed by atoms with van der Waals surface area (Å²) >= 11 is 1.90. The van der Waals surface area contributed by atoms with Gasteiger partial charge in [-0.2, -0.15) is 0 Å². The molecule has 0 aliphatic heterocycles. The lowest BCUT2D eigenvalue weighted by Gasteiger charge is -2.18. The molecule has 1 aromatic heterocycles. The Morgan fingerprint density at radius 2 is 2.05 bits per heavy atom. The Bertz CT molecular complexity index is 571. The van der Waals surface area contributed by atoms with E-state index in [2.05, 4.69) is 54.5 Å². The van der Waals surface area contributed by atoms with Gasteiger partial charge in [0.2, 0.25) is 0 Å². The minimum absolute atomic E-state index is 0.395. The van der Waals surface area contributed by atoms with Crippen LogP contribution in [-0.4, -0.2) is 23.3 Å². The van der Waals surface area contributed by atoms with Gasteiger partial charge in [-0.3, -0.25) is 0 Å². The van der Waals surface area contributed by atoms with Crippen molar-refractivity contribution >= 4 is 17.6 Å². The molecular formula is C17H23N3S. The van der Waals surface area contributed by atoms with Gasteiger partial charge in [-0.25, -0.2) is 4.98 Å². The van der Waals surface area contributed by atoms with Crippen molar-refractivity contribution in [2.45, 2.75) is 31.2 Å². The number of benzene rings is 1. The second-order valence-electron chi connectivity index (χ2n) is 5.08. The lowest BCUT2D eigenvalue weighted by molar-refractivity contribution is 0.572. The summed E-state index contributed by atoms with van der Waals surface area (Å²) < 4.78 is 0. The Balaban J connectivity index is 1.99. The highest BCUT2D eigenvalue weighted by Gasteiger charge is 2.12. The molecule has 1 atom stereocenters. The van der Waals surface area contributed by atoms with Crippen molar-refractivity contribution < 1.29 is 0 Å². The summed E-state index contributed by atoms with van der Waals surface area (Å²) in [4.78, 5) is 5.51. The Hall–Kier alpha value is -1.52. The molecule has 0 aliphatic carbocycles. The summed E-state index contributed by atoms with van der Waals surface area (Å²) in [6, 6.07) is 12.9. The van der Waals surface area contributed by atoms with Gasteiger partial charge in [0.1, 0.15) is 5.82 Å². The smallest absolute Gasteiger partial charge is 0.126 e. The predicted octanol–water partition coefficient (Wildman–Crippen LogP) is 3.29. The van der Waals surface area contributed by atoms with Crippen LogP contribution < -0.4 is 11.1 Å². The minimum atomic E-state index is 0.395. The summed E-state index contributed by atoms with van der Waals surface area (Å²) in [7, 11) is 0. The number of anilines is 1. The lowest BCUT2D eigenvalue weighted by Crippen LogP contribution is -2.33. The zero-order chi connectivity index (χ0) is 15.1. The minimum Gasteiger partial charge on any atom is -0.383 e. The second-order valence-corrected chi connectivity index (χ2v) is 6.14. The highest BCUT2D eigenvalue weighted by molar-refractivity contribution is 7.99. The van der Waals surface area contributed by atoms with E-state index in [-0.39, 0.29) is 0 Å². The van der Waals surface area contributed by atoms with Gasteiger partial charge < -0.3 is 11.1 Å². The van der Waals surface area contributed by atoms with E-state index in [1.54, 1.807) is 6.20 Å². The van der Waals surface area contributed by atoms with Gasteiger partial charge in [0, 0.05) is 22.9 Å². The molecule has 0 bridgehead atoms. The largest absolute Gasteiger partial charge is 0.383 e. The first-order valence-corrected chi connectivity index (χ1v) is 8.30. The number of likely N-dealkylation sites (N-methyl/N-ethyl adjacent to an activating group) is 1. The van der Waals surface area contributed by atoms with Crippen molar-refractivity contribution in [3.8, 4) is 0 Å². The second kappa shape index (κ2) is 8.05. The van der Waals surface area contributed by atoms with E-state index < -0.39 is 0 Å². The van der Waals surface area contributed by atoms with Gasteiger partial charge in [-0.15, -0.1) is 11.8 Å². The molecule has 1 heterocycles. The van der Waals surface area contributed by atoms with Crippen molar-refractivity contribution in [1.82, 2.24) is 10.3 Å². The van der Waals surface area contributed by atoms with Crippen LogP contribution in [0.1, 0.15) is 18.1 Å². The van der Waals surface area contributed by atoms with Crippen molar-refractivity contribution in [2.75, 3.05) is 18.0 Å². The molecule has 1 aromatic carbocycles. The third-order valence-corrected chi connectivity index (χ3v) is 4.76. The van der Waals surface area contributed by atoms with E-state index in [0.29, 0.717) is 11.9 Å². The zero-order valence-corrected chi connectivity index (χ0v) is 13.5. The molecule has 0 amide bonds. The topological polar surface area (TPSA) is 50.9 Å². The van der Waals surface area contributed by atoms with Gasteiger partial charge >= 0.3 is 0 Å². The SMILES string of the molecule is CCNC(CSc1ccccc1C)Cc1cccnc1N. The number of aryl methyl sites for hydroxylation is 1. The van der Waals surface area contributed by atoms with Gasteiger partial charge in [0.15, 0.2) is 0 Å². The van der Waals surface area contributed by atoms with E-state index in [1.165, 1.54) is 10.5 Å². The van der Waals surface area contributed by atoms with Crippen molar-refractivity contribution in [3.05, 3.63) is 53.7 Å². The lowest BCUT2D eigenvalue weighted by atomic mass is 10.1. The fraction of sp³-hybridized carbons (Fsp3) is 0.353. The summed E-state index contributed by atoms with van der Waals surface area (Å²) in [5, 5.41) is 3.54. The summed E-state index contributed by atoms with van der Waals surface area (Å²) in [5.41, 5.74) is 8.40. The van der Waals surface area contributed by atoms with E-state index >= 15 is 0 Å². The maximum atomic E-state index is 5.95. The maximum absolute atomic E-state index is 5.95. The molecule has 0 saturated heterocycles. The Morgan fingerprint density at radius 3 is 2.76 bits per heavy atom. The van der Waals surface area contributed by atoms with Crippen molar-refractivity contribution in [1.29, 1.82) is 0 Å². The summed E-state index contributed by atoms with van der Waals surface area (Å²) in [6.07, 6.45) is 2.65. The standard InChI is InChI=1S/C17H23N3S/c1-3-19-15(11-14-8-6-10-20-17(14)18)12-21-16-9-5-4-7-13(16)2/h4-10,15,19H,3,11-12H2,1-2H3,(H2,18,20). The van der Waals surface area contributed by atoms with Crippen LogP contribution in [0.15, 0.2) is 47.5 Å². The van der Waals surface area contributed by atoms with Crippen LogP contribution in [0, 0.1) is 6.92 Å². The Kier molecular flexibility index (Phi) is 6.08. The van der Waals surface area contributed by atoms with Crippen LogP contribution in [0.3, 0.4) is 0 Å². The fourth-order valence-electron chi connectivity index (χ4n) is 2.28. The first kappa shape index (κ1) is 15.9. The average molecular weight is 301 g/mol. The molecule has 2 aromatic rings. The molecule has 21 heavy (non-hydrogen) atoms. The predicted molar refractivity (Wildman–Crippen MR) is 91.7 cm³/mol. The maximum Gasteiger partial charge on any atom is 0.126 e. The normalized spacial score (nSPS) is 12.3. The summed E-state index contributed by atoms with van der Waals surface area (Å²) in [5.74, 6) is 1.66. The number of rotatable bonds is 7. The van der Waals surface area contributed by atoms with E-state index in [4.69, 9.17) is 5.73 Å². The fourth-order valence-corrected chi connectivity index (χ4v) is 3.36. The number of aromatic nitrogens is 1. The molecule has 4 heteroatoms. The number of nitrogen functional groups attached to an aromatic ring is 1. The number of hydrogen-bond acceptors (Lipinski definition) is 4. The van der Waals surface area contributed by atoms with Crippen LogP contribution in [0.5, 0.6) is 0 Å². The number of nitrogens with one attached hydrogen (secondary N) is 1. The molecule has 2 rings (SSSR count). The quantitative estimate of drug-likeness (QED) is 0.771. The van der Waals surface area contributed by atoms with E-state index in [1.807, 2.05) is 17.8 Å². The number of thioether (sulfide) groups is 1. The number of hydrogen-bond donors (Lipinski definition) is 2. The summed E-state index contributed by atoms with van der Waals surface area (Å²) in [6.45, 7) is 5.25. The third kappa shape index (κ3) is 4.76. The molecule has 0 aliphatic rings. The molecular weight excluding hydrogens is 278 g/mol. The number of nitrogens with zero attached hydrogens (tertiary/aromatic N) is 1.